The summed E-state index contributed by atoms with van der Waals surface area (Å²) in [5.41, 5.74) is 1.06. The minimum atomic E-state index is 0.181. The smallest absolute Gasteiger partial charge is 0.161 e. The Hall–Kier alpha value is -1.59. The van der Waals surface area contributed by atoms with Gasteiger partial charge in [-0.25, -0.2) is 0 Å². The standard InChI is InChI=1S/C18H28O5/c1-4-20-10-12-22-17-9-8-16(7-6-15(3)19)14-18(17)23-13-11-21-5-2/h8-9,14H,4-7,10-13H2,1-3H3. The third kappa shape index (κ3) is 8.57. The lowest BCUT2D eigenvalue weighted by molar-refractivity contribution is -0.116. The normalized spacial score (nSPS) is 10.6. The van der Waals surface area contributed by atoms with E-state index < -0.39 is 0 Å². The Kier molecular flexibility index (Phi) is 10.1. The molecule has 0 radical (unpaired) electrons. The van der Waals surface area contributed by atoms with Crippen LogP contribution in [0, 0.1) is 0 Å². The Balaban J connectivity index is 2.66. The van der Waals surface area contributed by atoms with Crippen molar-refractivity contribution in [2.24, 2.45) is 0 Å². The van der Waals surface area contributed by atoms with E-state index in [1.165, 1.54) is 0 Å². The van der Waals surface area contributed by atoms with Gasteiger partial charge in [0.1, 0.15) is 19.0 Å². The highest BCUT2D eigenvalue weighted by atomic mass is 16.6. The molecule has 0 aliphatic heterocycles. The number of Topliss-reactive ketones (excluding diaryl/α,β-unsaturated/α-hetero) is 1. The van der Waals surface area contributed by atoms with Crippen molar-refractivity contribution in [2.45, 2.75) is 33.6 Å². The molecular weight excluding hydrogens is 296 g/mol. The Bertz CT molecular complexity index is 459. The number of rotatable bonds is 13. The second kappa shape index (κ2) is 11.9. The van der Waals surface area contributed by atoms with Crippen LogP contribution >= 0.6 is 0 Å². The van der Waals surface area contributed by atoms with Crippen molar-refractivity contribution < 1.29 is 23.7 Å². The van der Waals surface area contributed by atoms with Crippen LogP contribution < -0.4 is 9.47 Å². The predicted octanol–water partition coefficient (Wildman–Crippen LogP) is 3.04. The maximum Gasteiger partial charge on any atom is 0.161 e. The van der Waals surface area contributed by atoms with Crippen LogP contribution in [0.25, 0.3) is 0 Å². The highest BCUT2D eigenvalue weighted by Crippen LogP contribution is 2.29. The van der Waals surface area contributed by atoms with Gasteiger partial charge in [0.15, 0.2) is 11.5 Å². The van der Waals surface area contributed by atoms with Crippen molar-refractivity contribution >= 4 is 5.78 Å². The van der Waals surface area contributed by atoms with Crippen LogP contribution in [0.1, 0.15) is 32.8 Å². The summed E-state index contributed by atoms with van der Waals surface area (Å²) >= 11 is 0. The molecule has 0 bridgehead atoms. The zero-order valence-electron chi connectivity index (χ0n) is 14.4. The molecular formula is C18H28O5. The van der Waals surface area contributed by atoms with Crippen LogP contribution in [0.4, 0.5) is 0 Å². The van der Waals surface area contributed by atoms with E-state index in [-0.39, 0.29) is 5.78 Å². The van der Waals surface area contributed by atoms with Gasteiger partial charge in [-0.3, -0.25) is 0 Å². The third-order valence-corrected chi connectivity index (χ3v) is 3.15. The first kappa shape index (κ1) is 19.5. The number of benzene rings is 1. The lowest BCUT2D eigenvalue weighted by Gasteiger charge is -2.14. The molecule has 5 heteroatoms. The van der Waals surface area contributed by atoms with Gasteiger partial charge in [0.05, 0.1) is 13.2 Å². The van der Waals surface area contributed by atoms with Gasteiger partial charge >= 0.3 is 0 Å². The van der Waals surface area contributed by atoms with Gasteiger partial charge in [0.2, 0.25) is 0 Å². The summed E-state index contributed by atoms with van der Waals surface area (Å²) in [5, 5.41) is 0. The summed E-state index contributed by atoms with van der Waals surface area (Å²) < 4.78 is 22.0. The van der Waals surface area contributed by atoms with Gasteiger partial charge in [0, 0.05) is 19.6 Å². The molecule has 0 aliphatic carbocycles. The highest BCUT2D eigenvalue weighted by molar-refractivity contribution is 5.75. The molecule has 1 aromatic rings. The first-order valence-corrected chi connectivity index (χ1v) is 8.20. The Morgan fingerprint density at radius 2 is 1.52 bits per heavy atom. The minimum absolute atomic E-state index is 0.181. The van der Waals surface area contributed by atoms with Crippen molar-refractivity contribution in [1.82, 2.24) is 0 Å². The van der Waals surface area contributed by atoms with Crippen LogP contribution in [-0.4, -0.2) is 45.4 Å². The molecule has 0 saturated carbocycles. The molecule has 0 fully saturated rings. The fraction of sp³-hybridized carbons (Fsp3) is 0.611. The quantitative estimate of drug-likeness (QED) is 0.522. The number of carbonyl (C=O) groups is 1. The van der Waals surface area contributed by atoms with Crippen molar-refractivity contribution in [1.29, 1.82) is 0 Å². The number of carbonyl (C=O) groups excluding carboxylic acids is 1. The fourth-order valence-electron chi connectivity index (χ4n) is 1.97. The monoisotopic (exact) mass is 324 g/mol. The lowest BCUT2D eigenvalue weighted by Crippen LogP contribution is -2.10. The first-order chi connectivity index (χ1) is 11.2. The fourth-order valence-corrected chi connectivity index (χ4v) is 1.97. The molecule has 0 heterocycles. The van der Waals surface area contributed by atoms with Crippen LogP contribution in [0.3, 0.4) is 0 Å². The predicted molar refractivity (Wildman–Crippen MR) is 89.4 cm³/mol. The van der Waals surface area contributed by atoms with Crippen LogP contribution in [-0.2, 0) is 20.7 Å². The zero-order chi connectivity index (χ0) is 16.9. The number of aryl methyl sites for hydroxylation is 1. The molecule has 0 amide bonds. The molecule has 23 heavy (non-hydrogen) atoms. The summed E-state index contributed by atoms with van der Waals surface area (Å²) in [6.07, 6.45) is 1.24. The van der Waals surface area contributed by atoms with Gasteiger partial charge in [0.25, 0.3) is 0 Å². The number of ketones is 1. The van der Waals surface area contributed by atoms with Gasteiger partial charge in [-0.1, -0.05) is 6.07 Å². The third-order valence-electron chi connectivity index (χ3n) is 3.15. The maximum absolute atomic E-state index is 11.1. The van der Waals surface area contributed by atoms with Gasteiger partial charge in [-0.05, 0) is 44.9 Å². The van der Waals surface area contributed by atoms with Crippen molar-refractivity contribution in [3.63, 3.8) is 0 Å². The molecule has 0 unspecified atom stereocenters. The maximum atomic E-state index is 11.1. The number of hydrogen-bond donors (Lipinski definition) is 0. The van der Waals surface area contributed by atoms with Gasteiger partial charge < -0.3 is 23.7 Å². The zero-order valence-corrected chi connectivity index (χ0v) is 14.4. The Morgan fingerprint density at radius 3 is 2.09 bits per heavy atom. The summed E-state index contributed by atoms with van der Waals surface area (Å²) in [7, 11) is 0. The molecule has 1 aromatic carbocycles. The first-order valence-electron chi connectivity index (χ1n) is 8.20. The highest BCUT2D eigenvalue weighted by Gasteiger charge is 2.08. The largest absolute Gasteiger partial charge is 0.487 e. The lowest BCUT2D eigenvalue weighted by atomic mass is 10.1. The van der Waals surface area contributed by atoms with Crippen LogP contribution in [0.5, 0.6) is 11.5 Å². The van der Waals surface area contributed by atoms with E-state index in [0.717, 1.165) is 5.56 Å². The van der Waals surface area contributed by atoms with Crippen LogP contribution in [0.2, 0.25) is 0 Å². The summed E-state index contributed by atoms with van der Waals surface area (Å²) in [4.78, 5) is 11.1. The molecule has 0 saturated heterocycles. The minimum Gasteiger partial charge on any atom is -0.487 e. The van der Waals surface area contributed by atoms with Crippen molar-refractivity contribution in [3.05, 3.63) is 23.8 Å². The van der Waals surface area contributed by atoms with Crippen LogP contribution in [0.15, 0.2) is 18.2 Å². The Morgan fingerprint density at radius 1 is 0.913 bits per heavy atom. The van der Waals surface area contributed by atoms with E-state index in [0.29, 0.717) is 64.0 Å². The topological polar surface area (TPSA) is 54.0 Å². The van der Waals surface area contributed by atoms with E-state index in [1.54, 1.807) is 6.92 Å². The molecule has 130 valence electrons. The SMILES string of the molecule is CCOCCOc1ccc(CCC(C)=O)cc1OCCOCC. The summed E-state index contributed by atoms with van der Waals surface area (Å²) in [6, 6.07) is 5.79. The molecule has 0 aliphatic rings. The van der Waals surface area contributed by atoms with Gasteiger partial charge in [-0.2, -0.15) is 0 Å². The molecule has 0 aromatic heterocycles. The molecule has 5 nitrogen and oxygen atoms in total. The molecule has 0 spiro atoms. The molecule has 1 rings (SSSR count). The van der Waals surface area contributed by atoms with E-state index >= 15 is 0 Å². The van der Waals surface area contributed by atoms with E-state index in [2.05, 4.69) is 0 Å². The number of ether oxygens (including phenoxy) is 4. The molecule has 0 atom stereocenters. The second-order valence-corrected chi connectivity index (χ2v) is 5.07. The van der Waals surface area contributed by atoms with E-state index in [4.69, 9.17) is 18.9 Å². The van der Waals surface area contributed by atoms with Crippen molar-refractivity contribution in [3.8, 4) is 11.5 Å². The number of hydrogen-bond acceptors (Lipinski definition) is 5. The van der Waals surface area contributed by atoms with Gasteiger partial charge in [-0.15, -0.1) is 0 Å². The summed E-state index contributed by atoms with van der Waals surface area (Å²) in [5.74, 6) is 1.55. The Labute approximate surface area is 138 Å². The second-order valence-electron chi connectivity index (χ2n) is 5.07. The summed E-state index contributed by atoms with van der Waals surface area (Å²) in [6.45, 7) is 8.86. The van der Waals surface area contributed by atoms with E-state index in [9.17, 15) is 4.79 Å². The van der Waals surface area contributed by atoms with E-state index in [1.807, 2.05) is 32.0 Å². The average molecular weight is 324 g/mol. The average Bonchev–Trinajstić information content (AvgIpc) is 2.55. The molecule has 0 N–H and O–H groups in total. The van der Waals surface area contributed by atoms with Crippen molar-refractivity contribution in [2.75, 3.05) is 39.6 Å².